The molecule has 1 fully saturated rings. The number of benzene rings is 1. The van der Waals surface area contributed by atoms with Crippen molar-refractivity contribution in [1.29, 1.82) is 0 Å². The van der Waals surface area contributed by atoms with Gasteiger partial charge in [0.2, 0.25) is 0 Å². The third-order valence-electron chi connectivity index (χ3n) is 2.75. The zero-order valence-corrected chi connectivity index (χ0v) is 10.9. The van der Waals surface area contributed by atoms with Gasteiger partial charge in [0.05, 0.1) is 6.54 Å². The Balaban J connectivity index is 1.97. The summed E-state index contributed by atoms with van der Waals surface area (Å²) < 4.78 is 0. The summed E-state index contributed by atoms with van der Waals surface area (Å²) in [6.45, 7) is 0.349. The summed E-state index contributed by atoms with van der Waals surface area (Å²) in [5.41, 5.74) is 6.87. The van der Waals surface area contributed by atoms with Crippen molar-refractivity contribution in [3.63, 3.8) is 0 Å². The fourth-order valence-corrected chi connectivity index (χ4v) is 2.93. The SMILES string of the molecule is NCC#Cc1ccc(C(=O)NC2CCSC2)cc1. The molecule has 2 rings (SSSR count). The standard InChI is InChI=1S/C14H16N2OS/c15-8-1-2-11-3-5-12(6-4-11)14(17)16-13-7-9-18-10-13/h3-6,13H,7-10,15H2,(H,16,17). The predicted octanol–water partition coefficient (Wildman–Crippen LogP) is 1.23. The van der Waals surface area contributed by atoms with Crippen LogP contribution >= 0.6 is 11.8 Å². The van der Waals surface area contributed by atoms with Gasteiger partial charge < -0.3 is 11.1 Å². The second-order valence-electron chi connectivity index (χ2n) is 4.12. The monoisotopic (exact) mass is 260 g/mol. The Morgan fingerprint density at radius 3 is 2.83 bits per heavy atom. The molecule has 4 heteroatoms. The van der Waals surface area contributed by atoms with E-state index in [1.54, 1.807) is 12.1 Å². The smallest absolute Gasteiger partial charge is 0.251 e. The number of amides is 1. The fourth-order valence-electron chi connectivity index (χ4n) is 1.78. The Kier molecular flexibility index (Phi) is 4.68. The number of nitrogens with one attached hydrogen (secondary N) is 1. The minimum atomic E-state index is 0.000772. The number of carbonyl (C=O) groups excluding carboxylic acids is 1. The lowest BCUT2D eigenvalue weighted by atomic mass is 10.1. The molecule has 1 aliphatic rings. The molecular formula is C14H16N2OS. The summed E-state index contributed by atoms with van der Waals surface area (Å²) in [4.78, 5) is 11.9. The molecule has 94 valence electrons. The van der Waals surface area contributed by atoms with Crippen LogP contribution in [0.3, 0.4) is 0 Å². The van der Waals surface area contributed by atoms with Crippen molar-refractivity contribution in [3.05, 3.63) is 35.4 Å². The van der Waals surface area contributed by atoms with Gasteiger partial charge in [0, 0.05) is 22.9 Å². The quantitative estimate of drug-likeness (QED) is 0.786. The predicted molar refractivity (Wildman–Crippen MR) is 75.6 cm³/mol. The number of hydrogen-bond donors (Lipinski definition) is 2. The summed E-state index contributed by atoms with van der Waals surface area (Å²) in [6.07, 6.45) is 1.07. The average molecular weight is 260 g/mol. The van der Waals surface area contributed by atoms with E-state index >= 15 is 0 Å². The molecule has 18 heavy (non-hydrogen) atoms. The highest BCUT2D eigenvalue weighted by molar-refractivity contribution is 7.99. The molecule has 0 spiro atoms. The molecule has 0 aliphatic carbocycles. The van der Waals surface area contributed by atoms with E-state index in [-0.39, 0.29) is 5.91 Å². The van der Waals surface area contributed by atoms with Crippen molar-refractivity contribution < 1.29 is 4.79 Å². The van der Waals surface area contributed by atoms with Crippen LogP contribution in [-0.2, 0) is 0 Å². The minimum Gasteiger partial charge on any atom is -0.348 e. The van der Waals surface area contributed by atoms with Gasteiger partial charge in [-0.25, -0.2) is 0 Å². The first-order valence-corrected chi connectivity index (χ1v) is 7.12. The molecule has 1 aromatic carbocycles. The molecule has 0 radical (unpaired) electrons. The molecule has 1 unspecified atom stereocenters. The number of rotatable bonds is 2. The van der Waals surface area contributed by atoms with Crippen molar-refractivity contribution >= 4 is 17.7 Å². The Labute approximate surface area is 112 Å². The van der Waals surface area contributed by atoms with Crippen LogP contribution in [0.15, 0.2) is 24.3 Å². The lowest BCUT2D eigenvalue weighted by molar-refractivity contribution is 0.0941. The summed E-state index contributed by atoms with van der Waals surface area (Å²) >= 11 is 1.89. The van der Waals surface area contributed by atoms with E-state index in [1.807, 2.05) is 23.9 Å². The maximum atomic E-state index is 11.9. The number of nitrogens with two attached hydrogens (primary N) is 1. The van der Waals surface area contributed by atoms with Crippen LogP contribution in [0, 0.1) is 11.8 Å². The van der Waals surface area contributed by atoms with Crippen LogP contribution in [0.25, 0.3) is 0 Å². The first kappa shape index (κ1) is 13.0. The van der Waals surface area contributed by atoms with E-state index < -0.39 is 0 Å². The molecule has 3 nitrogen and oxygen atoms in total. The Morgan fingerprint density at radius 1 is 1.44 bits per heavy atom. The first-order chi connectivity index (χ1) is 8.79. The summed E-state index contributed by atoms with van der Waals surface area (Å²) in [6, 6.07) is 7.62. The molecule has 1 heterocycles. The van der Waals surface area contributed by atoms with Crippen molar-refractivity contribution in [2.24, 2.45) is 5.73 Å². The number of thioether (sulfide) groups is 1. The molecule has 1 aliphatic heterocycles. The van der Waals surface area contributed by atoms with Crippen LogP contribution in [0.5, 0.6) is 0 Å². The zero-order chi connectivity index (χ0) is 12.8. The van der Waals surface area contributed by atoms with Crippen molar-refractivity contribution in [3.8, 4) is 11.8 Å². The molecule has 0 aromatic heterocycles. The average Bonchev–Trinajstić information content (AvgIpc) is 2.89. The van der Waals surface area contributed by atoms with Gasteiger partial charge in [0.1, 0.15) is 0 Å². The molecule has 1 atom stereocenters. The Hall–Kier alpha value is -1.44. The van der Waals surface area contributed by atoms with E-state index in [2.05, 4.69) is 17.2 Å². The van der Waals surface area contributed by atoms with Crippen molar-refractivity contribution in [2.75, 3.05) is 18.1 Å². The normalized spacial score (nSPS) is 17.9. The Morgan fingerprint density at radius 2 is 2.22 bits per heavy atom. The third-order valence-corrected chi connectivity index (χ3v) is 3.91. The first-order valence-electron chi connectivity index (χ1n) is 5.97. The van der Waals surface area contributed by atoms with E-state index in [0.29, 0.717) is 18.2 Å². The van der Waals surface area contributed by atoms with Gasteiger partial charge in [0.15, 0.2) is 0 Å². The summed E-state index contributed by atoms with van der Waals surface area (Å²) in [7, 11) is 0. The van der Waals surface area contributed by atoms with Crippen LogP contribution in [0.2, 0.25) is 0 Å². The molecule has 0 bridgehead atoms. The molecule has 1 amide bonds. The second kappa shape index (κ2) is 6.48. The molecule has 3 N–H and O–H groups in total. The van der Waals surface area contributed by atoms with Crippen molar-refractivity contribution in [2.45, 2.75) is 12.5 Å². The highest BCUT2D eigenvalue weighted by Crippen LogP contribution is 2.17. The van der Waals surface area contributed by atoms with Gasteiger partial charge in [-0.2, -0.15) is 11.8 Å². The van der Waals surface area contributed by atoms with Gasteiger partial charge >= 0.3 is 0 Å². The Bertz CT molecular complexity index is 467. The van der Waals surface area contributed by atoms with Gasteiger partial charge in [-0.15, -0.1) is 0 Å². The van der Waals surface area contributed by atoms with E-state index in [0.717, 1.165) is 23.5 Å². The summed E-state index contributed by atoms with van der Waals surface area (Å²) in [5.74, 6) is 7.88. The molecule has 1 aromatic rings. The largest absolute Gasteiger partial charge is 0.348 e. The molecule has 1 saturated heterocycles. The lowest BCUT2D eigenvalue weighted by Crippen LogP contribution is -2.34. The number of carbonyl (C=O) groups is 1. The minimum absolute atomic E-state index is 0.000772. The third kappa shape index (κ3) is 3.52. The van der Waals surface area contributed by atoms with E-state index in [1.165, 1.54) is 0 Å². The van der Waals surface area contributed by atoms with Crippen molar-refractivity contribution in [1.82, 2.24) is 5.32 Å². The second-order valence-corrected chi connectivity index (χ2v) is 5.27. The summed E-state index contributed by atoms with van der Waals surface area (Å²) in [5, 5.41) is 3.04. The highest BCUT2D eigenvalue weighted by atomic mass is 32.2. The highest BCUT2D eigenvalue weighted by Gasteiger charge is 2.18. The van der Waals surface area contributed by atoms with Crippen LogP contribution in [-0.4, -0.2) is 30.0 Å². The lowest BCUT2D eigenvalue weighted by Gasteiger charge is -2.11. The maximum Gasteiger partial charge on any atom is 0.251 e. The molecular weight excluding hydrogens is 244 g/mol. The number of hydrogen-bond acceptors (Lipinski definition) is 3. The van der Waals surface area contributed by atoms with Crippen LogP contribution in [0.1, 0.15) is 22.3 Å². The van der Waals surface area contributed by atoms with Gasteiger partial charge in [-0.1, -0.05) is 11.8 Å². The van der Waals surface area contributed by atoms with E-state index in [9.17, 15) is 4.79 Å². The maximum absolute atomic E-state index is 11.9. The zero-order valence-electron chi connectivity index (χ0n) is 10.1. The van der Waals surface area contributed by atoms with Crippen LogP contribution in [0.4, 0.5) is 0 Å². The van der Waals surface area contributed by atoms with Gasteiger partial charge in [-0.3, -0.25) is 4.79 Å². The van der Waals surface area contributed by atoms with Crippen LogP contribution < -0.4 is 11.1 Å². The molecule has 0 saturated carbocycles. The van der Waals surface area contributed by atoms with E-state index in [4.69, 9.17) is 5.73 Å². The van der Waals surface area contributed by atoms with Gasteiger partial charge in [0.25, 0.3) is 5.91 Å². The van der Waals surface area contributed by atoms with Gasteiger partial charge in [-0.05, 0) is 36.4 Å². The topological polar surface area (TPSA) is 55.1 Å². The fraction of sp³-hybridized carbons (Fsp3) is 0.357.